The van der Waals surface area contributed by atoms with Gasteiger partial charge in [0.05, 0.1) is 17.0 Å². The summed E-state index contributed by atoms with van der Waals surface area (Å²) in [6.07, 6.45) is 1.63. The molecule has 2 heterocycles. The van der Waals surface area contributed by atoms with Crippen molar-refractivity contribution >= 4 is 28.6 Å². The fourth-order valence-corrected chi connectivity index (χ4v) is 2.80. The Morgan fingerprint density at radius 1 is 1.39 bits per heavy atom. The van der Waals surface area contributed by atoms with E-state index in [4.69, 9.17) is 0 Å². The van der Waals surface area contributed by atoms with Crippen molar-refractivity contribution in [1.29, 1.82) is 0 Å². The molecule has 0 saturated carbocycles. The Labute approximate surface area is 109 Å². The number of amides is 1. The summed E-state index contributed by atoms with van der Waals surface area (Å²) in [5.41, 5.74) is 4.40. The van der Waals surface area contributed by atoms with Gasteiger partial charge in [0.1, 0.15) is 0 Å². The molecule has 18 heavy (non-hydrogen) atoms. The van der Waals surface area contributed by atoms with E-state index in [9.17, 15) is 4.79 Å². The molecular formula is C13H13N3OS. The molecular weight excluding hydrogens is 246 g/mol. The summed E-state index contributed by atoms with van der Waals surface area (Å²) < 4.78 is 0. The van der Waals surface area contributed by atoms with E-state index in [2.05, 4.69) is 10.4 Å². The number of aromatic nitrogens is 1. The third-order valence-electron chi connectivity index (χ3n) is 2.86. The molecule has 1 fully saturated rings. The summed E-state index contributed by atoms with van der Waals surface area (Å²) in [7, 11) is 0. The number of benzene rings is 1. The summed E-state index contributed by atoms with van der Waals surface area (Å²) in [5, 5.41) is 2.92. The lowest BCUT2D eigenvalue weighted by atomic mass is 10.1. The molecule has 0 aliphatic carbocycles. The number of thioether (sulfide) groups is 1. The van der Waals surface area contributed by atoms with Crippen molar-refractivity contribution in [3.8, 4) is 0 Å². The van der Waals surface area contributed by atoms with Gasteiger partial charge in [0.25, 0.3) is 5.91 Å². The van der Waals surface area contributed by atoms with E-state index in [1.165, 1.54) is 0 Å². The van der Waals surface area contributed by atoms with E-state index in [1.807, 2.05) is 47.1 Å². The van der Waals surface area contributed by atoms with E-state index in [0.717, 1.165) is 29.1 Å². The van der Waals surface area contributed by atoms with E-state index < -0.39 is 0 Å². The number of fused-ring (bicyclic) bond motifs is 1. The van der Waals surface area contributed by atoms with Crippen LogP contribution in [0.4, 0.5) is 0 Å². The van der Waals surface area contributed by atoms with E-state index >= 15 is 0 Å². The first-order valence-corrected chi connectivity index (χ1v) is 6.97. The van der Waals surface area contributed by atoms with Crippen LogP contribution in [0, 0.1) is 0 Å². The van der Waals surface area contributed by atoms with Gasteiger partial charge in [-0.05, 0) is 12.1 Å². The van der Waals surface area contributed by atoms with Gasteiger partial charge in [0.15, 0.2) is 0 Å². The van der Waals surface area contributed by atoms with Crippen LogP contribution in [0.25, 0.3) is 10.9 Å². The van der Waals surface area contributed by atoms with Gasteiger partial charge >= 0.3 is 0 Å². The van der Waals surface area contributed by atoms with Crippen molar-refractivity contribution in [3.63, 3.8) is 0 Å². The topological polar surface area (TPSA) is 45.2 Å². The smallest absolute Gasteiger partial charge is 0.267 e. The minimum Gasteiger partial charge on any atom is -0.284 e. The van der Waals surface area contributed by atoms with Gasteiger partial charge in [0, 0.05) is 23.9 Å². The first-order chi connectivity index (χ1) is 8.83. The van der Waals surface area contributed by atoms with Crippen LogP contribution in [0.3, 0.4) is 0 Å². The van der Waals surface area contributed by atoms with Crippen molar-refractivity contribution in [1.82, 2.24) is 15.4 Å². The largest absolute Gasteiger partial charge is 0.284 e. The molecule has 1 aromatic carbocycles. The molecule has 4 nitrogen and oxygen atoms in total. The summed E-state index contributed by atoms with van der Waals surface area (Å²) >= 11 is 1.82. The summed E-state index contributed by atoms with van der Waals surface area (Å²) in [4.78, 5) is 16.3. The standard InChI is InChI=1S/C13H13N3OS/c17-13(15-16-5-6-18-9-16)11-7-10-3-1-2-4-12(10)14-8-11/h1-4,7-8H,5-6,9H2,(H,15,17). The lowest BCUT2D eigenvalue weighted by Gasteiger charge is -2.15. The first-order valence-electron chi connectivity index (χ1n) is 5.81. The highest BCUT2D eigenvalue weighted by Gasteiger charge is 2.15. The maximum atomic E-state index is 12.0. The molecule has 2 aromatic rings. The summed E-state index contributed by atoms with van der Waals surface area (Å²) in [6, 6.07) is 9.67. The summed E-state index contributed by atoms with van der Waals surface area (Å²) in [5.74, 6) is 1.83. The normalized spacial score (nSPS) is 16.0. The van der Waals surface area contributed by atoms with Gasteiger partial charge in [-0.2, -0.15) is 0 Å². The lowest BCUT2D eigenvalue weighted by Crippen LogP contribution is -2.40. The van der Waals surface area contributed by atoms with Crippen molar-refractivity contribution in [3.05, 3.63) is 42.1 Å². The fourth-order valence-electron chi connectivity index (χ4n) is 1.91. The number of carbonyl (C=O) groups is 1. The third kappa shape index (κ3) is 2.32. The van der Waals surface area contributed by atoms with Crippen molar-refractivity contribution in [2.24, 2.45) is 0 Å². The molecule has 1 saturated heterocycles. The van der Waals surface area contributed by atoms with Crippen LogP contribution in [-0.4, -0.2) is 34.1 Å². The first kappa shape index (κ1) is 11.5. The second-order valence-electron chi connectivity index (χ2n) is 4.16. The zero-order valence-corrected chi connectivity index (χ0v) is 10.6. The number of hydrogen-bond acceptors (Lipinski definition) is 4. The number of nitrogens with zero attached hydrogens (tertiary/aromatic N) is 2. The summed E-state index contributed by atoms with van der Waals surface area (Å²) in [6.45, 7) is 0.900. The lowest BCUT2D eigenvalue weighted by molar-refractivity contribution is 0.0835. The van der Waals surface area contributed by atoms with Crippen LogP contribution in [0.15, 0.2) is 36.5 Å². The highest BCUT2D eigenvalue weighted by atomic mass is 32.2. The molecule has 1 N–H and O–H groups in total. The molecule has 0 atom stereocenters. The van der Waals surface area contributed by atoms with Crippen molar-refractivity contribution in [2.75, 3.05) is 18.2 Å². The minimum atomic E-state index is -0.0873. The third-order valence-corrected chi connectivity index (χ3v) is 3.83. The Morgan fingerprint density at radius 3 is 3.11 bits per heavy atom. The number of hydrazine groups is 1. The fraction of sp³-hybridized carbons (Fsp3) is 0.231. The van der Waals surface area contributed by atoms with E-state index in [0.29, 0.717) is 5.56 Å². The number of para-hydroxylation sites is 1. The predicted molar refractivity (Wildman–Crippen MR) is 73.2 cm³/mol. The van der Waals surface area contributed by atoms with Crippen LogP contribution in [0.1, 0.15) is 10.4 Å². The molecule has 92 valence electrons. The highest BCUT2D eigenvalue weighted by Crippen LogP contribution is 2.14. The zero-order valence-electron chi connectivity index (χ0n) is 9.80. The van der Waals surface area contributed by atoms with Crippen molar-refractivity contribution < 1.29 is 4.79 Å². The Hall–Kier alpha value is -1.59. The molecule has 3 rings (SSSR count). The zero-order chi connectivity index (χ0) is 12.4. The molecule has 0 bridgehead atoms. The predicted octanol–water partition coefficient (Wildman–Crippen LogP) is 1.89. The van der Waals surface area contributed by atoms with Crippen LogP contribution < -0.4 is 5.43 Å². The molecule has 5 heteroatoms. The number of carbonyl (C=O) groups excluding carboxylic acids is 1. The maximum Gasteiger partial charge on any atom is 0.267 e. The number of pyridine rings is 1. The Kier molecular flexibility index (Phi) is 3.17. The Balaban J connectivity index is 1.82. The Bertz CT molecular complexity index is 581. The van der Waals surface area contributed by atoms with Crippen molar-refractivity contribution in [2.45, 2.75) is 0 Å². The highest BCUT2D eigenvalue weighted by molar-refractivity contribution is 7.99. The van der Waals surface area contributed by atoms with Crippen LogP contribution in [0.2, 0.25) is 0 Å². The second kappa shape index (κ2) is 4.96. The number of nitrogens with one attached hydrogen (secondary N) is 1. The monoisotopic (exact) mass is 259 g/mol. The number of rotatable bonds is 2. The number of hydrogen-bond donors (Lipinski definition) is 1. The quantitative estimate of drug-likeness (QED) is 0.894. The molecule has 1 aromatic heterocycles. The average Bonchev–Trinajstić information content (AvgIpc) is 2.91. The minimum absolute atomic E-state index is 0.0873. The van der Waals surface area contributed by atoms with Gasteiger partial charge < -0.3 is 0 Å². The van der Waals surface area contributed by atoms with Gasteiger partial charge in [-0.15, -0.1) is 11.8 Å². The van der Waals surface area contributed by atoms with Gasteiger partial charge in [0.2, 0.25) is 0 Å². The maximum absolute atomic E-state index is 12.0. The van der Waals surface area contributed by atoms with Gasteiger partial charge in [-0.3, -0.25) is 15.2 Å². The van der Waals surface area contributed by atoms with E-state index in [-0.39, 0.29) is 5.91 Å². The Morgan fingerprint density at radius 2 is 2.28 bits per heavy atom. The molecule has 0 spiro atoms. The molecule has 0 radical (unpaired) electrons. The van der Waals surface area contributed by atoms with Crippen LogP contribution in [0.5, 0.6) is 0 Å². The van der Waals surface area contributed by atoms with Crippen LogP contribution >= 0.6 is 11.8 Å². The SMILES string of the molecule is O=C(NN1CCSC1)c1cnc2ccccc2c1. The molecule has 1 aliphatic heterocycles. The second-order valence-corrected chi connectivity index (χ2v) is 5.23. The van der Waals surface area contributed by atoms with Gasteiger partial charge in [-0.25, -0.2) is 5.01 Å². The molecule has 0 unspecified atom stereocenters. The van der Waals surface area contributed by atoms with E-state index in [1.54, 1.807) is 6.20 Å². The average molecular weight is 259 g/mol. The molecule has 1 amide bonds. The van der Waals surface area contributed by atoms with Gasteiger partial charge in [-0.1, -0.05) is 18.2 Å². The molecule has 1 aliphatic rings. The van der Waals surface area contributed by atoms with Crippen LogP contribution in [-0.2, 0) is 0 Å².